The first-order valence-electron chi connectivity index (χ1n) is 5.87. The number of rotatable bonds is 2. The van der Waals surface area contributed by atoms with Gasteiger partial charge in [-0.25, -0.2) is 0 Å². The van der Waals surface area contributed by atoms with Crippen molar-refractivity contribution in [2.24, 2.45) is 5.41 Å². The summed E-state index contributed by atoms with van der Waals surface area (Å²) in [6.07, 6.45) is 2.56. The van der Waals surface area contributed by atoms with Crippen LogP contribution in [0.1, 0.15) is 40.5 Å². The van der Waals surface area contributed by atoms with Gasteiger partial charge in [0.05, 0.1) is 11.7 Å². The summed E-state index contributed by atoms with van der Waals surface area (Å²) in [5, 5.41) is 31.0. The normalized spacial score (nSPS) is 41.7. The third kappa shape index (κ3) is 2.17. The standard InChI is InChI=1S/C13H22O4/c1-9(14)5-8-13(17)11(2,3)10(15)6-7-12(13,4)16/h5,8,10,15-17H,6-7H2,1-4H3/b8-5+/t10-,12-,13-/m1/s1. The molecule has 98 valence electrons. The molecule has 1 aliphatic rings. The van der Waals surface area contributed by atoms with Crippen LogP contribution in [0.2, 0.25) is 0 Å². The van der Waals surface area contributed by atoms with Crippen molar-refractivity contribution in [2.45, 2.75) is 57.8 Å². The van der Waals surface area contributed by atoms with Crippen LogP contribution in [0.4, 0.5) is 0 Å². The van der Waals surface area contributed by atoms with Crippen LogP contribution in [0, 0.1) is 5.41 Å². The molecule has 0 bridgehead atoms. The Labute approximate surface area is 102 Å². The summed E-state index contributed by atoms with van der Waals surface area (Å²) in [6.45, 7) is 6.29. The second-order valence-electron chi connectivity index (χ2n) is 5.76. The lowest BCUT2D eigenvalue weighted by molar-refractivity contribution is -0.228. The van der Waals surface area contributed by atoms with Gasteiger partial charge < -0.3 is 15.3 Å². The quantitative estimate of drug-likeness (QED) is 0.626. The molecule has 0 heterocycles. The average molecular weight is 242 g/mol. The van der Waals surface area contributed by atoms with E-state index in [9.17, 15) is 20.1 Å². The summed E-state index contributed by atoms with van der Waals surface area (Å²) < 4.78 is 0. The molecule has 0 aromatic heterocycles. The van der Waals surface area contributed by atoms with Gasteiger partial charge in [0.2, 0.25) is 0 Å². The minimum absolute atomic E-state index is 0.204. The predicted molar refractivity (Wildman–Crippen MR) is 64.4 cm³/mol. The Morgan fingerprint density at radius 1 is 1.29 bits per heavy atom. The largest absolute Gasteiger partial charge is 0.392 e. The van der Waals surface area contributed by atoms with Gasteiger partial charge in [0.1, 0.15) is 5.60 Å². The molecule has 3 N–H and O–H groups in total. The Morgan fingerprint density at radius 3 is 2.29 bits per heavy atom. The fraction of sp³-hybridized carbons (Fsp3) is 0.769. The van der Waals surface area contributed by atoms with Crippen molar-refractivity contribution in [3.63, 3.8) is 0 Å². The third-order valence-corrected chi connectivity index (χ3v) is 4.10. The molecule has 1 aliphatic carbocycles. The highest BCUT2D eigenvalue weighted by Gasteiger charge is 2.59. The summed E-state index contributed by atoms with van der Waals surface area (Å²) >= 11 is 0. The molecule has 0 aliphatic heterocycles. The molecular formula is C13H22O4. The third-order valence-electron chi connectivity index (χ3n) is 4.10. The Kier molecular flexibility index (Phi) is 3.54. The molecule has 4 nitrogen and oxygen atoms in total. The van der Waals surface area contributed by atoms with E-state index < -0.39 is 22.7 Å². The van der Waals surface area contributed by atoms with Gasteiger partial charge in [-0.15, -0.1) is 0 Å². The number of aliphatic hydroxyl groups excluding tert-OH is 1. The van der Waals surface area contributed by atoms with Crippen LogP contribution in [0.5, 0.6) is 0 Å². The predicted octanol–water partition coefficient (Wildman–Crippen LogP) is 0.795. The molecule has 0 amide bonds. The monoisotopic (exact) mass is 242 g/mol. The van der Waals surface area contributed by atoms with Gasteiger partial charge in [-0.3, -0.25) is 4.79 Å². The zero-order valence-corrected chi connectivity index (χ0v) is 10.9. The van der Waals surface area contributed by atoms with Crippen molar-refractivity contribution in [3.8, 4) is 0 Å². The highest BCUT2D eigenvalue weighted by Crippen LogP contribution is 2.50. The number of hydrogen-bond acceptors (Lipinski definition) is 4. The molecule has 17 heavy (non-hydrogen) atoms. The zero-order valence-electron chi connectivity index (χ0n) is 10.9. The smallest absolute Gasteiger partial charge is 0.152 e. The van der Waals surface area contributed by atoms with Crippen LogP contribution >= 0.6 is 0 Å². The molecule has 1 saturated carbocycles. The molecule has 1 rings (SSSR count). The van der Waals surface area contributed by atoms with Gasteiger partial charge in [-0.2, -0.15) is 0 Å². The lowest BCUT2D eigenvalue weighted by Gasteiger charge is -2.55. The van der Waals surface area contributed by atoms with Gasteiger partial charge in [0.25, 0.3) is 0 Å². The SMILES string of the molecule is CC(=O)/C=C/[C@@]1(O)C(C)(C)[C@H](O)CC[C@@]1(C)O. The second kappa shape index (κ2) is 4.19. The van der Waals surface area contributed by atoms with Crippen molar-refractivity contribution in [1.29, 1.82) is 0 Å². The Morgan fingerprint density at radius 2 is 1.82 bits per heavy atom. The molecule has 0 aromatic rings. The van der Waals surface area contributed by atoms with Crippen LogP contribution < -0.4 is 0 Å². The maximum atomic E-state index is 11.0. The minimum atomic E-state index is -1.62. The fourth-order valence-corrected chi connectivity index (χ4v) is 2.55. The first-order chi connectivity index (χ1) is 7.54. The summed E-state index contributed by atoms with van der Waals surface area (Å²) in [5.74, 6) is -0.204. The van der Waals surface area contributed by atoms with E-state index in [1.807, 2.05) is 0 Å². The Hall–Kier alpha value is -0.710. The molecule has 3 atom stereocenters. The number of carbonyl (C=O) groups excluding carboxylic acids is 1. The highest BCUT2D eigenvalue weighted by molar-refractivity contribution is 5.87. The topological polar surface area (TPSA) is 77.8 Å². The van der Waals surface area contributed by atoms with E-state index in [-0.39, 0.29) is 12.2 Å². The lowest BCUT2D eigenvalue weighted by Crippen LogP contribution is -2.66. The van der Waals surface area contributed by atoms with Crippen molar-refractivity contribution in [3.05, 3.63) is 12.2 Å². The van der Waals surface area contributed by atoms with Crippen LogP contribution in [0.25, 0.3) is 0 Å². The average Bonchev–Trinajstić information content (AvgIpc) is 2.20. The van der Waals surface area contributed by atoms with Crippen molar-refractivity contribution < 1.29 is 20.1 Å². The number of hydrogen-bond donors (Lipinski definition) is 3. The maximum absolute atomic E-state index is 11.0. The van der Waals surface area contributed by atoms with Gasteiger partial charge >= 0.3 is 0 Å². The molecule has 0 aromatic carbocycles. The number of aliphatic hydroxyl groups is 3. The van der Waals surface area contributed by atoms with Crippen LogP contribution in [0.15, 0.2) is 12.2 Å². The summed E-state index contributed by atoms with van der Waals surface area (Å²) in [5.41, 5.74) is -3.90. The highest BCUT2D eigenvalue weighted by atomic mass is 16.4. The summed E-state index contributed by atoms with van der Waals surface area (Å²) in [4.78, 5) is 11.0. The molecular weight excluding hydrogens is 220 g/mol. The van der Waals surface area contributed by atoms with Crippen molar-refractivity contribution in [1.82, 2.24) is 0 Å². The van der Waals surface area contributed by atoms with Gasteiger partial charge in [0, 0.05) is 5.41 Å². The fourth-order valence-electron chi connectivity index (χ4n) is 2.55. The Balaban J connectivity index is 3.24. The molecule has 0 saturated heterocycles. The van der Waals surface area contributed by atoms with Crippen LogP contribution in [-0.2, 0) is 4.79 Å². The number of ketones is 1. The van der Waals surface area contributed by atoms with Gasteiger partial charge in [-0.1, -0.05) is 13.8 Å². The molecule has 0 radical (unpaired) electrons. The van der Waals surface area contributed by atoms with E-state index in [4.69, 9.17) is 0 Å². The van der Waals surface area contributed by atoms with Crippen LogP contribution in [-0.4, -0.2) is 38.4 Å². The summed E-state index contributed by atoms with van der Waals surface area (Å²) in [7, 11) is 0. The second-order valence-corrected chi connectivity index (χ2v) is 5.76. The van der Waals surface area contributed by atoms with Crippen molar-refractivity contribution in [2.75, 3.05) is 0 Å². The molecule has 0 unspecified atom stereocenters. The first-order valence-corrected chi connectivity index (χ1v) is 5.87. The van der Waals surface area contributed by atoms with E-state index in [0.29, 0.717) is 6.42 Å². The Bertz CT molecular complexity index is 343. The van der Waals surface area contributed by atoms with Gasteiger partial charge in [0.15, 0.2) is 5.78 Å². The maximum Gasteiger partial charge on any atom is 0.152 e. The molecule has 0 spiro atoms. The minimum Gasteiger partial charge on any atom is -0.392 e. The molecule has 4 heteroatoms. The van der Waals surface area contributed by atoms with E-state index in [1.165, 1.54) is 26.0 Å². The molecule has 1 fully saturated rings. The zero-order chi connectivity index (χ0) is 13.5. The van der Waals surface area contributed by atoms with E-state index in [2.05, 4.69) is 0 Å². The van der Waals surface area contributed by atoms with Crippen LogP contribution in [0.3, 0.4) is 0 Å². The number of carbonyl (C=O) groups is 1. The summed E-state index contributed by atoms with van der Waals surface area (Å²) in [6, 6.07) is 0. The van der Waals surface area contributed by atoms with E-state index in [1.54, 1.807) is 13.8 Å². The van der Waals surface area contributed by atoms with Gasteiger partial charge in [-0.05, 0) is 38.8 Å². The lowest BCUT2D eigenvalue weighted by atomic mass is 9.57. The van der Waals surface area contributed by atoms with E-state index in [0.717, 1.165) is 0 Å². The van der Waals surface area contributed by atoms with Crippen molar-refractivity contribution >= 4 is 5.78 Å². The number of allylic oxidation sites excluding steroid dienone is 1. The van der Waals surface area contributed by atoms with E-state index >= 15 is 0 Å². The first kappa shape index (κ1) is 14.4.